The minimum absolute atomic E-state index is 0.0954. The second kappa shape index (κ2) is 6.04. The molecule has 7 heteroatoms. The lowest BCUT2D eigenvalue weighted by Crippen LogP contribution is -2.03. The number of aromatic nitrogens is 1. The number of hydrogen-bond acceptors (Lipinski definition) is 4. The summed E-state index contributed by atoms with van der Waals surface area (Å²) >= 11 is 3.00. The number of rotatable bonds is 4. The van der Waals surface area contributed by atoms with Gasteiger partial charge in [0.05, 0.1) is 22.5 Å². The van der Waals surface area contributed by atoms with E-state index in [0.717, 1.165) is 6.07 Å². The number of pyridine rings is 1. The standard InChI is InChI=1S/C13H12BrF2N3O/c1-2-20-13-10(17)3-4-12(19-13)18-11-5-7(14)8(15)6-9(11)16/h3-6H,2,17H2,1H3,(H,18,19). The summed E-state index contributed by atoms with van der Waals surface area (Å²) in [6, 6.07) is 5.25. The third kappa shape index (κ3) is 3.16. The molecule has 3 N–H and O–H groups in total. The summed E-state index contributed by atoms with van der Waals surface area (Å²) in [6.07, 6.45) is 0. The predicted molar refractivity (Wildman–Crippen MR) is 77.2 cm³/mol. The first-order valence-corrected chi connectivity index (χ1v) is 6.61. The van der Waals surface area contributed by atoms with E-state index in [4.69, 9.17) is 10.5 Å². The van der Waals surface area contributed by atoms with Gasteiger partial charge in [-0.2, -0.15) is 4.98 Å². The Kier molecular flexibility index (Phi) is 4.39. The molecular formula is C13H12BrF2N3O. The van der Waals surface area contributed by atoms with Crippen LogP contribution in [-0.2, 0) is 0 Å². The first-order valence-electron chi connectivity index (χ1n) is 5.82. The van der Waals surface area contributed by atoms with Crippen molar-refractivity contribution in [2.24, 2.45) is 0 Å². The number of anilines is 3. The Morgan fingerprint density at radius 2 is 2.05 bits per heavy atom. The van der Waals surface area contributed by atoms with Gasteiger partial charge in [0.25, 0.3) is 0 Å². The Hall–Kier alpha value is -1.89. The summed E-state index contributed by atoms with van der Waals surface area (Å²) < 4.78 is 32.2. The minimum atomic E-state index is -0.720. The van der Waals surface area contributed by atoms with E-state index in [1.54, 1.807) is 19.1 Å². The second-order valence-corrected chi connectivity index (χ2v) is 4.75. The lowest BCUT2D eigenvalue weighted by molar-refractivity contribution is 0.329. The molecule has 106 valence electrons. The largest absolute Gasteiger partial charge is 0.476 e. The molecule has 0 aliphatic rings. The third-order valence-corrected chi connectivity index (χ3v) is 3.05. The number of nitrogen functional groups attached to an aromatic ring is 1. The van der Waals surface area contributed by atoms with Gasteiger partial charge in [0.2, 0.25) is 5.88 Å². The molecule has 0 radical (unpaired) electrons. The normalized spacial score (nSPS) is 10.4. The second-order valence-electron chi connectivity index (χ2n) is 3.90. The number of ether oxygens (including phenoxy) is 1. The van der Waals surface area contributed by atoms with Crippen LogP contribution in [-0.4, -0.2) is 11.6 Å². The summed E-state index contributed by atoms with van der Waals surface area (Å²) in [7, 11) is 0. The Balaban J connectivity index is 2.30. The average Bonchev–Trinajstić information content (AvgIpc) is 2.40. The van der Waals surface area contributed by atoms with Crippen LogP contribution < -0.4 is 15.8 Å². The van der Waals surface area contributed by atoms with E-state index in [9.17, 15) is 8.78 Å². The van der Waals surface area contributed by atoms with Gasteiger partial charge in [-0.1, -0.05) is 0 Å². The van der Waals surface area contributed by atoms with Gasteiger partial charge in [-0.25, -0.2) is 8.78 Å². The summed E-state index contributed by atoms with van der Waals surface area (Å²) in [5.74, 6) is -0.783. The van der Waals surface area contributed by atoms with E-state index in [-0.39, 0.29) is 16.0 Å². The molecule has 0 bridgehead atoms. The van der Waals surface area contributed by atoms with E-state index in [1.807, 2.05) is 0 Å². The van der Waals surface area contributed by atoms with Crippen molar-refractivity contribution < 1.29 is 13.5 Å². The molecule has 2 aromatic rings. The molecule has 0 saturated heterocycles. The summed E-state index contributed by atoms with van der Waals surface area (Å²) in [6.45, 7) is 2.22. The van der Waals surface area contributed by atoms with E-state index in [0.29, 0.717) is 18.1 Å². The van der Waals surface area contributed by atoms with Gasteiger partial charge in [0.1, 0.15) is 17.5 Å². The molecule has 1 heterocycles. The molecule has 0 unspecified atom stereocenters. The van der Waals surface area contributed by atoms with E-state index in [1.165, 1.54) is 6.07 Å². The Morgan fingerprint density at radius 3 is 2.75 bits per heavy atom. The monoisotopic (exact) mass is 343 g/mol. The van der Waals surface area contributed by atoms with E-state index in [2.05, 4.69) is 26.2 Å². The number of hydrogen-bond donors (Lipinski definition) is 2. The van der Waals surface area contributed by atoms with Crippen molar-refractivity contribution in [1.82, 2.24) is 4.98 Å². The maximum atomic E-state index is 13.6. The zero-order valence-corrected chi connectivity index (χ0v) is 12.2. The van der Waals surface area contributed by atoms with Crippen LogP contribution in [0, 0.1) is 11.6 Å². The molecule has 1 aromatic heterocycles. The molecule has 0 spiro atoms. The first-order chi connectivity index (χ1) is 9.51. The maximum Gasteiger partial charge on any atom is 0.239 e. The summed E-state index contributed by atoms with van der Waals surface area (Å²) in [4.78, 5) is 4.12. The highest BCUT2D eigenvalue weighted by Crippen LogP contribution is 2.27. The summed E-state index contributed by atoms with van der Waals surface area (Å²) in [5, 5.41) is 2.75. The van der Waals surface area contributed by atoms with Crippen molar-refractivity contribution >= 4 is 33.1 Å². The number of benzene rings is 1. The van der Waals surface area contributed by atoms with Crippen molar-refractivity contribution in [2.75, 3.05) is 17.7 Å². The van der Waals surface area contributed by atoms with Crippen molar-refractivity contribution in [3.63, 3.8) is 0 Å². The van der Waals surface area contributed by atoms with Crippen LogP contribution in [0.2, 0.25) is 0 Å². The Morgan fingerprint density at radius 1 is 1.30 bits per heavy atom. The zero-order valence-electron chi connectivity index (χ0n) is 10.6. The SMILES string of the molecule is CCOc1nc(Nc2cc(Br)c(F)cc2F)ccc1N. The molecule has 20 heavy (non-hydrogen) atoms. The molecular weight excluding hydrogens is 332 g/mol. The molecule has 0 saturated carbocycles. The predicted octanol–water partition coefficient (Wildman–Crippen LogP) is 3.85. The van der Waals surface area contributed by atoms with Gasteiger partial charge < -0.3 is 15.8 Å². The fraction of sp³-hybridized carbons (Fsp3) is 0.154. The molecule has 2 rings (SSSR count). The van der Waals surface area contributed by atoms with Gasteiger partial charge in [-0.15, -0.1) is 0 Å². The van der Waals surface area contributed by atoms with Crippen LogP contribution >= 0.6 is 15.9 Å². The quantitative estimate of drug-likeness (QED) is 0.828. The van der Waals surface area contributed by atoms with Crippen LogP contribution in [0.5, 0.6) is 5.88 Å². The molecule has 0 aliphatic heterocycles. The van der Waals surface area contributed by atoms with Crippen molar-refractivity contribution in [1.29, 1.82) is 0 Å². The fourth-order valence-corrected chi connectivity index (χ4v) is 1.87. The van der Waals surface area contributed by atoms with Crippen molar-refractivity contribution in [2.45, 2.75) is 6.92 Å². The highest BCUT2D eigenvalue weighted by Gasteiger charge is 2.10. The highest BCUT2D eigenvalue weighted by atomic mass is 79.9. The van der Waals surface area contributed by atoms with Crippen molar-refractivity contribution in [3.8, 4) is 5.88 Å². The van der Waals surface area contributed by atoms with Crippen LogP contribution in [0.4, 0.5) is 26.0 Å². The highest BCUT2D eigenvalue weighted by molar-refractivity contribution is 9.10. The number of nitrogens with one attached hydrogen (secondary N) is 1. The molecule has 0 atom stereocenters. The van der Waals surface area contributed by atoms with Crippen molar-refractivity contribution in [3.05, 3.63) is 40.4 Å². The van der Waals surface area contributed by atoms with Gasteiger partial charge in [-0.3, -0.25) is 0 Å². The van der Waals surface area contributed by atoms with Crippen LogP contribution in [0.1, 0.15) is 6.92 Å². The minimum Gasteiger partial charge on any atom is -0.476 e. The topological polar surface area (TPSA) is 60.2 Å². The summed E-state index contributed by atoms with van der Waals surface area (Å²) in [5.41, 5.74) is 6.18. The fourth-order valence-electron chi connectivity index (χ4n) is 1.53. The lowest BCUT2D eigenvalue weighted by atomic mass is 10.3. The van der Waals surface area contributed by atoms with Gasteiger partial charge in [0.15, 0.2) is 0 Å². The molecule has 1 aromatic carbocycles. The van der Waals surface area contributed by atoms with Crippen LogP contribution in [0.3, 0.4) is 0 Å². The van der Waals surface area contributed by atoms with Crippen LogP contribution in [0.25, 0.3) is 0 Å². The molecule has 0 aliphatic carbocycles. The lowest BCUT2D eigenvalue weighted by Gasteiger charge is -2.11. The number of nitrogens with two attached hydrogens (primary N) is 1. The van der Waals surface area contributed by atoms with E-state index < -0.39 is 11.6 Å². The van der Waals surface area contributed by atoms with Crippen LogP contribution in [0.15, 0.2) is 28.7 Å². The Bertz CT molecular complexity index is 637. The first kappa shape index (κ1) is 14.5. The van der Waals surface area contributed by atoms with Gasteiger partial charge in [-0.05, 0) is 41.1 Å². The number of nitrogens with zero attached hydrogens (tertiary/aromatic N) is 1. The Labute approximate surface area is 123 Å². The molecule has 0 fully saturated rings. The third-order valence-electron chi connectivity index (χ3n) is 2.44. The zero-order chi connectivity index (χ0) is 14.7. The van der Waals surface area contributed by atoms with E-state index >= 15 is 0 Å². The molecule has 0 amide bonds. The molecule has 4 nitrogen and oxygen atoms in total. The smallest absolute Gasteiger partial charge is 0.239 e. The van der Waals surface area contributed by atoms with Gasteiger partial charge >= 0.3 is 0 Å². The maximum absolute atomic E-state index is 13.6. The van der Waals surface area contributed by atoms with Gasteiger partial charge in [0, 0.05) is 6.07 Å². The average molecular weight is 344 g/mol. The number of halogens is 3.